The Balaban J connectivity index is 1.40. The Bertz CT molecular complexity index is 950. The van der Waals surface area contributed by atoms with Crippen LogP contribution in [0.25, 0.3) is 10.2 Å². The first-order valence-corrected chi connectivity index (χ1v) is 9.72. The molecule has 1 aromatic heterocycles. The number of nitrogens with one attached hydrogen (secondary N) is 1. The number of hydrogen-bond donors (Lipinski definition) is 1. The van der Waals surface area contributed by atoms with Crippen molar-refractivity contribution in [2.45, 2.75) is 6.92 Å². The van der Waals surface area contributed by atoms with E-state index in [0.29, 0.717) is 13.1 Å². The molecule has 0 saturated carbocycles. The molecule has 1 fully saturated rings. The molecule has 3 aromatic rings. The third-order valence-electron chi connectivity index (χ3n) is 4.56. The van der Waals surface area contributed by atoms with Crippen LogP contribution in [0.2, 0.25) is 5.02 Å². The van der Waals surface area contributed by atoms with Crippen LogP contribution in [0.3, 0.4) is 0 Å². The van der Waals surface area contributed by atoms with Crippen molar-refractivity contribution in [1.29, 1.82) is 0 Å². The number of benzene rings is 2. The highest BCUT2D eigenvalue weighted by molar-refractivity contribution is 7.22. The van der Waals surface area contributed by atoms with E-state index in [1.165, 1.54) is 0 Å². The number of aromatic nitrogens is 1. The lowest BCUT2D eigenvalue weighted by atomic mass is 10.2. The van der Waals surface area contributed by atoms with Crippen molar-refractivity contribution in [3.05, 3.63) is 53.1 Å². The van der Waals surface area contributed by atoms with Crippen molar-refractivity contribution in [1.82, 2.24) is 9.88 Å². The maximum atomic E-state index is 12.5. The van der Waals surface area contributed by atoms with Crippen LogP contribution >= 0.6 is 22.9 Å². The molecule has 0 atom stereocenters. The SMILES string of the molecule is Cc1ccccc1NC(=O)N1CCN(c2nc3ccc(Cl)cc3s2)CC1. The van der Waals surface area contributed by atoms with Gasteiger partial charge in [0.1, 0.15) is 0 Å². The normalized spacial score (nSPS) is 14.7. The monoisotopic (exact) mass is 386 g/mol. The largest absolute Gasteiger partial charge is 0.345 e. The zero-order valence-electron chi connectivity index (χ0n) is 14.4. The number of hydrogen-bond acceptors (Lipinski definition) is 4. The molecule has 1 aliphatic rings. The Labute approximate surface area is 161 Å². The average Bonchev–Trinajstić information content (AvgIpc) is 3.07. The summed E-state index contributed by atoms with van der Waals surface area (Å²) >= 11 is 7.70. The number of carbonyl (C=O) groups excluding carboxylic acids is 1. The van der Waals surface area contributed by atoms with Crippen LogP contribution in [-0.4, -0.2) is 42.1 Å². The summed E-state index contributed by atoms with van der Waals surface area (Å²) in [7, 11) is 0. The summed E-state index contributed by atoms with van der Waals surface area (Å²) in [5, 5.41) is 4.72. The summed E-state index contributed by atoms with van der Waals surface area (Å²) < 4.78 is 1.09. The van der Waals surface area contributed by atoms with Gasteiger partial charge in [0.2, 0.25) is 0 Å². The van der Waals surface area contributed by atoms with Gasteiger partial charge in [-0.15, -0.1) is 0 Å². The molecule has 0 aliphatic carbocycles. The van der Waals surface area contributed by atoms with Gasteiger partial charge in [0.25, 0.3) is 0 Å². The highest BCUT2D eigenvalue weighted by Gasteiger charge is 2.23. The molecule has 2 amide bonds. The van der Waals surface area contributed by atoms with E-state index in [1.54, 1.807) is 11.3 Å². The van der Waals surface area contributed by atoms with Gasteiger partial charge in [-0.25, -0.2) is 9.78 Å². The smallest absolute Gasteiger partial charge is 0.321 e. The number of fused-ring (bicyclic) bond motifs is 1. The quantitative estimate of drug-likeness (QED) is 0.699. The Morgan fingerprint density at radius 1 is 1.15 bits per heavy atom. The Morgan fingerprint density at radius 3 is 2.69 bits per heavy atom. The van der Waals surface area contributed by atoms with Crippen molar-refractivity contribution in [3.63, 3.8) is 0 Å². The molecule has 2 heterocycles. The number of aryl methyl sites for hydroxylation is 1. The number of halogens is 1. The third-order valence-corrected chi connectivity index (χ3v) is 5.88. The second-order valence-electron chi connectivity index (χ2n) is 6.33. The van der Waals surface area contributed by atoms with Gasteiger partial charge < -0.3 is 15.1 Å². The minimum Gasteiger partial charge on any atom is -0.345 e. The highest BCUT2D eigenvalue weighted by atomic mass is 35.5. The lowest BCUT2D eigenvalue weighted by molar-refractivity contribution is 0.208. The number of piperazine rings is 1. The molecule has 0 radical (unpaired) electrons. The van der Waals surface area contributed by atoms with Crippen LogP contribution in [0, 0.1) is 6.92 Å². The number of thiazole rings is 1. The van der Waals surface area contributed by atoms with Gasteiger partial charge in [-0.3, -0.25) is 0 Å². The first-order valence-electron chi connectivity index (χ1n) is 8.53. The second kappa shape index (κ2) is 7.13. The van der Waals surface area contributed by atoms with Crippen molar-refractivity contribution in [2.75, 3.05) is 36.4 Å². The minimum atomic E-state index is -0.0463. The van der Waals surface area contributed by atoms with Crippen molar-refractivity contribution >= 4 is 50.0 Å². The molecule has 4 rings (SSSR count). The van der Waals surface area contributed by atoms with E-state index in [1.807, 2.05) is 54.3 Å². The molecule has 5 nitrogen and oxygen atoms in total. The van der Waals surface area contributed by atoms with E-state index < -0.39 is 0 Å². The molecule has 0 bridgehead atoms. The number of para-hydroxylation sites is 1. The average molecular weight is 387 g/mol. The van der Waals surface area contributed by atoms with E-state index >= 15 is 0 Å². The predicted molar refractivity (Wildman–Crippen MR) is 109 cm³/mol. The summed E-state index contributed by atoms with van der Waals surface area (Å²) in [4.78, 5) is 21.3. The topological polar surface area (TPSA) is 48.5 Å². The maximum Gasteiger partial charge on any atom is 0.321 e. The first kappa shape index (κ1) is 17.1. The molecular formula is C19H19ClN4OS. The van der Waals surface area contributed by atoms with Crippen molar-refractivity contribution < 1.29 is 4.79 Å². The van der Waals surface area contributed by atoms with E-state index in [0.717, 1.165) is 44.7 Å². The van der Waals surface area contributed by atoms with Crippen LogP contribution in [0.1, 0.15) is 5.56 Å². The van der Waals surface area contributed by atoms with Crippen LogP contribution in [0.15, 0.2) is 42.5 Å². The van der Waals surface area contributed by atoms with Gasteiger partial charge >= 0.3 is 6.03 Å². The van der Waals surface area contributed by atoms with Crippen molar-refractivity contribution in [2.24, 2.45) is 0 Å². The molecule has 0 unspecified atom stereocenters. The fraction of sp³-hybridized carbons (Fsp3) is 0.263. The minimum absolute atomic E-state index is 0.0463. The van der Waals surface area contributed by atoms with E-state index in [2.05, 4.69) is 10.2 Å². The van der Waals surface area contributed by atoms with E-state index in [-0.39, 0.29) is 6.03 Å². The Kier molecular flexibility index (Phi) is 4.70. The summed E-state index contributed by atoms with van der Waals surface area (Å²) in [6.07, 6.45) is 0. The van der Waals surface area contributed by atoms with Crippen LogP contribution < -0.4 is 10.2 Å². The zero-order chi connectivity index (χ0) is 18.1. The predicted octanol–water partition coefficient (Wildman–Crippen LogP) is 4.61. The summed E-state index contributed by atoms with van der Waals surface area (Å²) in [6.45, 7) is 4.89. The van der Waals surface area contributed by atoms with E-state index in [4.69, 9.17) is 16.6 Å². The molecule has 1 N–H and O–H groups in total. The summed E-state index contributed by atoms with van der Waals surface area (Å²) in [5.41, 5.74) is 2.89. The zero-order valence-corrected chi connectivity index (χ0v) is 16.0. The fourth-order valence-electron chi connectivity index (χ4n) is 3.03. The number of carbonyl (C=O) groups is 1. The second-order valence-corrected chi connectivity index (χ2v) is 7.77. The van der Waals surface area contributed by atoms with Crippen LogP contribution in [0.5, 0.6) is 0 Å². The standard InChI is InChI=1S/C19H19ClN4OS/c1-13-4-2-3-5-15(13)21-18(25)23-8-10-24(11-9-23)19-22-16-7-6-14(20)12-17(16)26-19/h2-7,12H,8-11H2,1H3,(H,21,25). The molecular weight excluding hydrogens is 368 g/mol. The van der Waals surface area contributed by atoms with Gasteiger partial charge in [-0.05, 0) is 36.8 Å². The first-order chi connectivity index (χ1) is 12.6. The fourth-order valence-corrected chi connectivity index (χ4v) is 4.32. The Morgan fingerprint density at radius 2 is 1.92 bits per heavy atom. The molecule has 26 heavy (non-hydrogen) atoms. The highest BCUT2D eigenvalue weighted by Crippen LogP contribution is 2.31. The molecule has 7 heteroatoms. The number of rotatable bonds is 2. The van der Waals surface area contributed by atoms with E-state index in [9.17, 15) is 4.79 Å². The van der Waals surface area contributed by atoms with Gasteiger partial charge in [0.05, 0.1) is 10.2 Å². The van der Waals surface area contributed by atoms with Crippen LogP contribution in [0.4, 0.5) is 15.6 Å². The molecule has 1 aliphatic heterocycles. The summed E-state index contributed by atoms with van der Waals surface area (Å²) in [6, 6.07) is 13.5. The summed E-state index contributed by atoms with van der Waals surface area (Å²) in [5.74, 6) is 0. The van der Waals surface area contributed by atoms with Gasteiger partial charge in [0, 0.05) is 36.9 Å². The number of urea groups is 1. The molecule has 134 valence electrons. The number of amides is 2. The van der Waals surface area contributed by atoms with Gasteiger partial charge in [-0.2, -0.15) is 0 Å². The third kappa shape index (κ3) is 3.48. The lowest BCUT2D eigenvalue weighted by Gasteiger charge is -2.34. The van der Waals surface area contributed by atoms with Crippen molar-refractivity contribution in [3.8, 4) is 0 Å². The maximum absolute atomic E-state index is 12.5. The number of nitrogens with zero attached hydrogens (tertiary/aromatic N) is 3. The molecule has 1 saturated heterocycles. The van der Waals surface area contributed by atoms with Crippen LogP contribution in [-0.2, 0) is 0 Å². The molecule has 0 spiro atoms. The lowest BCUT2D eigenvalue weighted by Crippen LogP contribution is -2.50. The molecule has 2 aromatic carbocycles. The Hall–Kier alpha value is -2.31. The van der Waals surface area contributed by atoms with Gasteiger partial charge in [0.15, 0.2) is 5.13 Å². The van der Waals surface area contributed by atoms with Gasteiger partial charge in [-0.1, -0.05) is 41.1 Å². The number of anilines is 2.